The molecular weight excluding hydrogens is 604 g/mol. The van der Waals surface area contributed by atoms with Crippen molar-refractivity contribution in [1.29, 1.82) is 0 Å². The highest BCUT2D eigenvalue weighted by Crippen LogP contribution is 2.49. The van der Waals surface area contributed by atoms with E-state index >= 15 is 0 Å². The Morgan fingerprint density at radius 3 is 2.76 bits per heavy atom. The van der Waals surface area contributed by atoms with Crippen LogP contribution in [0.15, 0.2) is 67.3 Å². The molecule has 1 spiro atoms. The second kappa shape index (κ2) is 12.5. The molecule has 1 saturated carbocycles. The fraction of sp³-hybridized carbons (Fsp3) is 0.472. The first-order valence-electron chi connectivity index (χ1n) is 16.3. The van der Waals surface area contributed by atoms with E-state index in [0.29, 0.717) is 24.0 Å². The van der Waals surface area contributed by atoms with Crippen LogP contribution in [0.3, 0.4) is 0 Å². The molecule has 9 heteroatoms. The number of carbonyl (C=O) groups excluding carboxylic acids is 1. The number of ether oxygens (including phenoxy) is 1. The monoisotopic (exact) mass is 644 g/mol. The number of amides is 1. The van der Waals surface area contributed by atoms with Crippen LogP contribution in [0, 0.1) is 17.8 Å². The summed E-state index contributed by atoms with van der Waals surface area (Å²) in [5.41, 5.74) is 5.00. The van der Waals surface area contributed by atoms with E-state index in [0.717, 1.165) is 73.6 Å². The van der Waals surface area contributed by atoms with Crippen LogP contribution in [0.2, 0.25) is 5.02 Å². The fourth-order valence-electron chi connectivity index (χ4n) is 7.90. The smallest absolute Gasteiger partial charge is 0.263 e. The third-order valence-electron chi connectivity index (χ3n) is 10.8. The summed E-state index contributed by atoms with van der Waals surface area (Å²) in [5.74, 6) is 1.68. The molecular formula is C36H41ClN4O3S. The van der Waals surface area contributed by atoms with Crippen molar-refractivity contribution in [1.82, 2.24) is 14.7 Å². The molecule has 1 N–H and O–H groups in total. The molecule has 4 aliphatic rings. The lowest BCUT2D eigenvalue weighted by Crippen LogP contribution is -2.49. The summed E-state index contributed by atoms with van der Waals surface area (Å²) >= 11 is 6.45. The van der Waals surface area contributed by atoms with E-state index in [9.17, 15) is 9.00 Å². The summed E-state index contributed by atoms with van der Waals surface area (Å²) in [7, 11) is -1.52. The Labute approximate surface area is 273 Å². The van der Waals surface area contributed by atoms with Gasteiger partial charge in [-0.3, -0.25) is 9.52 Å². The summed E-state index contributed by atoms with van der Waals surface area (Å²) in [4.78, 5) is 24.7. The normalized spacial score (nSPS) is 32.2. The molecule has 0 saturated heterocycles. The van der Waals surface area contributed by atoms with E-state index in [-0.39, 0.29) is 28.4 Å². The summed E-state index contributed by atoms with van der Waals surface area (Å²) in [5, 5.41) is 0.563. The number of allylic oxidation sites excluding steroid dienone is 2. The van der Waals surface area contributed by atoms with Gasteiger partial charge in [0.05, 0.1) is 17.5 Å². The van der Waals surface area contributed by atoms with Crippen molar-refractivity contribution in [2.75, 3.05) is 24.6 Å². The second-order valence-corrected chi connectivity index (χ2v) is 15.5. The van der Waals surface area contributed by atoms with E-state index in [1.807, 2.05) is 37.5 Å². The SMILES string of the molecule is CC1C/C=C/C(c2cncnc2)C2CCC2CN2C[C@@]3(CCCc4cc(Cl)ccc43)COc3ccc(cc32)C(=O)NS(=O)C1C. The van der Waals surface area contributed by atoms with Gasteiger partial charge in [-0.2, -0.15) is 0 Å². The van der Waals surface area contributed by atoms with Gasteiger partial charge < -0.3 is 9.64 Å². The Hall–Kier alpha value is -3.23. The van der Waals surface area contributed by atoms with Crippen LogP contribution in [0.5, 0.6) is 5.75 Å². The number of hydrogen-bond acceptors (Lipinski definition) is 6. The van der Waals surface area contributed by atoms with Crippen molar-refractivity contribution in [2.24, 2.45) is 17.8 Å². The van der Waals surface area contributed by atoms with Gasteiger partial charge in [-0.1, -0.05) is 36.7 Å². The van der Waals surface area contributed by atoms with E-state index in [1.165, 1.54) is 11.1 Å². The Balaban J connectivity index is 1.31. The third kappa shape index (κ3) is 5.92. The highest BCUT2D eigenvalue weighted by molar-refractivity contribution is 7.84. The van der Waals surface area contributed by atoms with Gasteiger partial charge >= 0.3 is 0 Å². The maximum Gasteiger partial charge on any atom is 0.263 e. The van der Waals surface area contributed by atoms with Crippen molar-refractivity contribution >= 4 is 34.2 Å². The predicted molar refractivity (Wildman–Crippen MR) is 179 cm³/mol. The predicted octanol–water partition coefficient (Wildman–Crippen LogP) is 6.79. The first-order valence-corrected chi connectivity index (χ1v) is 17.8. The van der Waals surface area contributed by atoms with Crippen LogP contribution in [0.4, 0.5) is 5.69 Å². The molecule has 0 radical (unpaired) electrons. The fourth-order valence-corrected chi connectivity index (χ4v) is 9.12. The first-order chi connectivity index (χ1) is 21.8. The molecule has 2 aliphatic carbocycles. The Morgan fingerprint density at radius 1 is 1.11 bits per heavy atom. The number of nitrogens with zero attached hydrogens (tertiary/aromatic N) is 3. The molecule has 2 aromatic carbocycles. The Morgan fingerprint density at radius 2 is 1.96 bits per heavy atom. The van der Waals surface area contributed by atoms with Gasteiger partial charge in [0, 0.05) is 47.4 Å². The molecule has 7 nitrogen and oxygen atoms in total. The minimum absolute atomic E-state index is 0.125. The number of hydrogen-bond donors (Lipinski definition) is 1. The van der Waals surface area contributed by atoms with Gasteiger partial charge in [-0.05, 0) is 110 Å². The number of benzene rings is 2. The number of halogens is 1. The topological polar surface area (TPSA) is 84.4 Å². The molecule has 2 bridgehead atoms. The Bertz CT molecular complexity index is 1630. The molecule has 45 heavy (non-hydrogen) atoms. The van der Waals surface area contributed by atoms with E-state index < -0.39 is 11.0 Å². The van der Waals surface area contributed by atoms with E-state index in [1.54, 1.807) is 12.4 Å². The molecule has 1 amide bonds. The highest BCUT2D eigenvalue weighted by Gasteiger charge is 2.44. The number of aromatic nitrogens is 2. The maximum absolute atomic E-state index is 13.5. The Kier molecular flexibility index (Phi) is 8.46. The van der Waals surface area contributed by atoms with Crippen molar-refractivity contribution in [3.05, 3.63) is 94.5 Å². The zero-order chi connectivity index (χ0) is 31.1. The number of fused-ring (bicyclic) bond motifs is 4. The van der Waals surface area contributed by atoms with Crippen molar-refractivity contribution in [3.63, 3.8) is 0 Å². The minimum Gasteiger partial charge on any atom is -0.490 e. The van der Waals surface area contributed by atoms with E-state index in [4.69, 9.17) is 16.3 Å². The average Bonchev–Trinajstić information content (AvgIpc) is 3.18. The maximum atomic E-state index is 13.5. The molecule has 236 valence electrons. The summed E-state index contributed by atoms with van der Waals surface area (Å²) < 4.78 is 22.8. The number of nitrogens with one attached hydrogen (secondary N) is 1. The number of aryl methyl sites for hydroxylation is 1. The van der Waals surface area contributed by atoms with Crippen molar-refractivity contribution in [2.45, 2.75) is 69.0 Å². The van der Waals surface area contributed by atoms with Gasteiger partial charge in [0.25, 0.3) is 5.91 Å². The van der Waals surface area contributed by atoms with Gasteiger partial charge in [0.1, 0.15) is 23.1 Å². The van der Waals surface area contributed by atoms with Gasteiger partial charge in [-0.25, -0.2) is 14.2 Å². The molecule has 6 unspecified atom stereocenters. The largest absolute Gasteiger partial charge is 0.490 e. The minimum atomic E-state index is -1.52. The van der Waals surface area contributed by atoms with Gasteiger partial charge in [0.15, 0.2) is 0 Å². The van der Waals surface area contributed by atoms with E-state index in [2.05, 4.69) is 50.8 Å². The summed E-state index contributed by atoms with van der Waals surface area (Å²) in [6, 6.07) is 12.0. The molecule has 3 heterocycles. The van der Waals surface area contributed by atoms with Gasteiger partial charge in [-0.15, -0.1) is 0 Å². The van der Waals surface area contributed by atoms with Crippen LogP contribution < -0.4 is 14.4 Å². The summed E-state index contributed by atoms with van der Waals surface area (Å²) in [6.45, 7) is 6.26. The molecule has 1 aromatic heterocycles. The van der Waals surface area contributed by atoms with Gasteiger partial charge in [0.2, 0.25) is 0 Å². The third-order valence-corrected chi connectivity index (χ3v) is 12.6. The van der Waals surface area contributed by atoms with Crippen LogP contribution >= 0.6 is 11.6 Å². The molecule has 2 aliphatic heterocycles. The second-order valence-electron chi connectivity index (χ2n) is 13.6. The lowest BCUT2D eigenvalue weighted by Gasteiger charge is -2.46. The average molecular weight is 645 g/mol. The van der Waals surface area contributed by atoms with Crippen LogP contribution in [0.1, 0.15) is 78.9 Å². The lowest BCUT2D eigenvalue weighted by molar-refractivity contribution is 0.0982. The van der Waals surface area contributed by atoms with Crippen LogP contribution in [-0.4, -0.2) is 45.0 Å². The molecule has 1 fully saturated rings. The lowest BCUT2D eigenvalue weighted by atomic mass is 9.64. The zero-order valence-electron chi connectivity index (χ0n) is 26.0. The molecule has 7 rings (SSSR count). The standard InChI is InChI=1S/C36H41ClN4O3S/c1-23-5-3-7-30(28-17-38-22-39-18-28)31-11-8-27(31)19-41-20-36(14-4-6-25-15-29(37)10-12-32(25)36)21-44-34-13-9-26(16-33(34)41)35(42)40-45(43)24(23)2/h3,7,9-10,12-13,15-18,22-24,27,30-31H,4-6,8,11,14,19-21H2,1-2H3,(H,40,42)/b7-3+/t23?,24?,27?,30?,31?,36-,45?/m0/s1. The van der Waals surface area contributed by atoms with Crippen LogP contribution in [0.25, 0.3) is 0 Å². The van der Waals surface area contributed by atoms with Crippen molar-refractivity contribution in [3.8, 4) is 5.75 Å². The highest BCUT2D eigenvalue weighted by atomic mass is 35.5. The van der Waals surface area contributed by atoms with Crippen LogP contribution in [-0.2, 0) is 22.8 Å². The molecule has 7 atom stereocenters. The number of anilines is 1. The quantitative estimate of drug-likeness (QED) is 0.294. The zero-order valence-corrected chi connectivity index (χ0v) is 27.5. The molecule has 3 aromatic rings. The first kappa shape index (κ1) is 30.4. The van der Waals surface area contributed by atoms with Crippen molar-refractivity contribution < 1.29 is 13.7 Å². The number of rotatable bonds is 1. The number of carbonyl (C=O) groups is 1. The summed E-state index contributed by atoms with van der Waals surface area (Å²) in [6.07, 6.45) is 16.2.